The maximum absolute atomic E-state index is 12.8. The molecule has 1 aromatic heterocycles. The number of thiophene rings is 1. The maximum Gasteiger partial charge on any atom is 0.263 e. The van der Waals surface area contributed by atoms with Crippen LogP contribution in [-0.4, -0.2) is 61.2 Å². The molecule has 1 aliphatic carbocycles. The summed E-state index contributed by atoms with van der Waals surface area (Å²) in [6, 6.07) is 10.9. The number of likely N-dealkylation sites (N-methyl/N-ethyl adjacent to an activating group) is 1. The summed E-state index contributed by atoms with van der Waals surface area (Å²) in [5.41, 5.74) is 6.92. The van der Waals surface area contributed by atoms with Gasteiger partial charge in [0.2, 0.25) is 0 Å². The van der Waals surface area contributed by atoms with Crippen molar-refractivity contribution in [1.82, 2.24) is 9.80 Å². The van der Waals surface area contributed by atoms with E-state index in [2.05, 4.69) is 42.3 Å². The lowest BCUT2D eigenvalue weighted by atomic mass is 9.87. The molecule has 6 heteroatoms. The summed E-state index contributed by atoms with van der Waals surface area (Å²) in [6.07, 6.45) is 4.16. The van der Waals surface area contributed by atoms with Gasteiger partial charge in [0.1, 0.15) is 0 Å². The number of benzene rings is 1. The number of rotatable bonds is 3. The quantitative estimate of drug-likeness (QED) is 0.800. The van der Waals surface area contributed by atoms with Gasteiger partial charge in [0, 0.05) is 31.6 Å². The van der Waals surface area contributed by atoms with Gasteiger partial charge in [-0.2, -0.15) is 0 Å². The number of halogens is 1. The van der Waals surface area contributed by atoms with Crippen molar-refractivity contribution in [3.63, 3.8) is 0 Å². The van der Waals surface area contributed by atoms with Crippen LogP contribution < -0.4 is 0 Å². The smallest absolute Gasteiger partial charge is 0.263 e. The van der Waals surface area contributed by atoms with Crippen molar-refractivity contribution in [3.8, 4) is 0 Å². The summed E-state index contributed by atoms with van der Waals surface area (Å²) in [4.78, 5) is 18.9. The van der Waals surface area contributed by atoms with Crippen LogP contribution in [0.5, 0.6) is 0 Å². The highest BCUT2D eigenvalue weighted by Crippen LogP contribution is 2.41. The average Bonchev–Trinajstić information content (AvgIpc) is 3.05. The standard InChI is InChI=1S/C23H28N2O2S.ClH/c1-24-11-9-17(10-12-24)22-18-6-4-3-5-16(18)7-8-20-19(22)15-21(28-20)23(27)25(2)13-14-26;/h3-6,15,26H,7-14H2,1-2H3;1H. The van der Waals surface area contributed by atoms with Gasteiger partial charge in [0.05, 0.1) is 11.5 Å². The highest BCUT2D eigenvalue weighted by molar-refractivity contribution is 7.14. The van der Waals surface area contributed by atoms with E-state index in [4.69, 9.17) is 0 Å². The predicted octanol–water partition coefficient (Wildman–Crippen LogP) is 3.86. The van der Waals surface area contributed by atoms with Crippen molar-refractivity contribution in [1.29, 1.82) is 0 Å². The molecule has 29 heavy (non-hydrogen) atoms. The Morgan fingerprint density at radius 1 is 1.14 bits per heavy atom. The minimum absolute atomic E-state index is 0. The van der Waals surface area contributed by atoms with Crippen LogP contribution in [0.3, 0.4) is 0 Å². The van der Waals surface area contributed by atoms with Gasteiger partial charge in [0.25, 0.3) is 5.91 Å². The molecule has 1 N–H and O–H groups in total. The van der Waals surface area contributed by atoms with Crippen molar-refractivity contribution in [2.24, 2.45) is 0 Å². The Balaban J connectivity index is 0.00000240. The van der Waals surface area contributed by atoms with Gasteiger partial charge in [-0.05, 0) is 61.1 Å². The van der Waals surface area contributed by atoms with Crippen molar-refractivity contribution in [2.45, 2.75) is 25.7 Å². The van der Waals surface area contributed by atoms with E-state index in [0.29, 0.717) is 6.54 Å². The minimum Gasteiger partial charge on any atom is -0.395 e. The lowest BCUT2D eigenvalue weighted by Crippen LogP contribution is -2.28. The Labute approximate surface area is 183 Å². The molecule has 156 valence electrons. The van der Waals surface area contributed by atoms with E-state index in [1.165, 1.54) is 32.7 Å². The molecular formula is C23H29ClN2O2S. The zero-order valence-electron chi connectivity index (χ0n) is 17.1. The van der Waals surface area contributed by atoms with Crippen LogP contribution in [0.25, 0.3) is 5.57 Å². The maximum atomic E-state index is 12.8. The van der Waals surface area contributed by atoms with Crippen LogP contribution in [-0.2, 0) is 12.8 Å². The number of aliphatic hydroxyl groups is 1. The molecule has 1 aromatic carbocycles. The lowest BCUT2D eigenvalue weighted by molar-refractivity contribution is 0.0771. The molecule has 0 atom stereocenters. The van der Waals surface area contributed by atoms with Gasteiger partial charge in [0.15, 0.2) is 0 Å². The van der Waals surface area contributed by atoms with Gasteiger partial charge < -0.3 is 14.9 Å². The first kappa shape index (κ1) is 22.0. The zero-order valence-corrected chi connectivity index (χ0v) is 18.7. The van der Waals surface area contributed by atoms with Gasteiger partial charge in [-0.1, -0.05) is 29.8 Å². The third-order valence-corrected chi connectivity index (χ3v) is 7.11. The number of aliphatic hydroxyl groups excluding tert-OH is 1. The molecule has 4 rings (SSSR count). The molecule has 0 unspecified atom stereocenters. The van der Waals surface area contributed by atoms with E-state index in [1.54, 1.807) is 23.3 Å². The topological polar surface area (TPSA) is 43.8 Å². The zero-order chi connectivity index (χ0) is 19.7. The van der Waals surface area contributed by atoms with Gasteiger partial charge in [-0.3, -0.25) is 4.79 Å². The normalized spacial score (nSPS) is 16.5. The van der Waals surface area contributed by atoms with Crippen LogP contribution in [0.1, 0.15) is 44.1 Å². The minimum atomic E-state index is -0.0104. The first-order chi connectivity index (χ1) is 13.6. The Kier molecular flexibility index (Phi) is 7.17. The van der Waals surface area contributed by atoms with Crippen LogP contribution >= 0.6 is 23.7 Å². The second-order valence-electron chi connectivity index (χ2n) is 7.84. The highest BCUT2D eigenvalue weighted by Gasteiger charge is 2.26. The second kappa shape index (κ2) is 9.43. The summed E-state index contributed by atoms with van der Waals surface area (Å²) in [5.74, 6) is 0.00753. The lowest BCUT2D eigenvalue weighted by Gasteiger charge is -2.27. The van der Waals surface area contributed by atoms with Crippen LogP contribution in [0.4, 0.5) is 0 Å². The molecule has 4 nitrogen and oxygen atoms in total. The van der Waals surface area contributed by atoms with Crippen LogP contribution in [0.2, 0.25) is 0 Å². The van der Waals surface area contributed by atoms with Crippen molar-refractivity contribution < 1.29 is 9.90 Å². The fourth-order valence-corrected chi connectivity index (χ4v) is 5.43. The monoisotopic (exact) mass is 432 g/mol. The number of hydrogen-bond donors (Lipinski definition) is 1. The van der Waals surface area contributed by atoms with E-state index in [-0.39, 0.29) is 24.9 Å². The third kappa shape index (κ3) is 4.43. The second-order valence-corrected chi connectivity index (χ2v) is 8.97. The molecule has 1 amide bonds. The highest BCUT2D eigenvalue weighted by atomic mass is 35.5. The summed E-state index contributed by atoms with van der Waals surface area (Å²) >= 11 is 1.63. The van der Waals surface area contributed by atoms with Crippen molar-refractivity contribution >= 4 is 35.2 Å². The number of amides is 1. The van der Waals surface area contributed by atoms with E-state index in [0.717, 1.165) is 43.6 Å². The number of carbonyl (C=O) groups excluding carboxylic acids is 1. The van der Waals surface area contributed by atoms with Gasteiger partial charge >= 0.3 is 0 Å². The molecule has 0 saturated carbocycles. The number of piperidine rings is 1. The summed E-state index contributed by atoms with van der Waals surface area (Å²) in [5, 5.41) is 9.17. The van der Waals surface area contributed by atoms with Gasteiger partial charge in [-0.15, -0.1) is 23.7 Å². The number of likely N-dealkylation sites (tertiary alicyclic amines) is 1. The largest absolute Gasteiger partial charge is 0.395 e. The Morgan fingerprint density at radius 2 is 1.86 bits per heavy atom. The number of fused-ring (bicyclic) bond motifs is 2. The van der Waals surface area contributed by atoms with E-state index >= 15 is 0 Å². The van der Waals surface area contributed by atoms with E-state index < -0.39 is 0 Å². The number of aryl methyl sites for hydroxylation is 2. The molecule has 0 bridgehead atoms. The fourth-order valence-electron chi connectivity index (χ4n) is 4.27. The first-order valence-corrected chi connectivity index (χ1v) is 10.9. The summed E-state index contributed by atoms with van der Waals surface area (Å²) < 4.78 is 0. The predicted molar refractivity (Wildman–Crippen MR) is 122 cm³/mol. The number of nitrogens with zero attached hydrogens (tertiary/aromatic N) is 2. The third-order valence-electron chi connectivity index (χ3n) is 5.92. The summed E-state index contributed by atoms with van der Waals surface area (Å²) in [6.45, 7) is 2.53. The molecular weight excluding hydrogens is 404 g/mol. The van der Waals surface area contributed by atoms with E-state index in [1.807, 2.05) is 0 Å². The van der Waals surface area contributed by atoms with Crippen LogP contribution in [0, 0.1) is 0 Å². The van der Waals surface area contributed by atoms with E-state index in [9.17, 15) is 9.90 Å². The molecule has 1 fully saturated rings. The Hall–Kier alpha value is -1.66. The first-order valence-electron chi connectivity index (χ1n) is 10.1. The SMILES string of the molecule is CN1CCC(=C2c3ccccc3CCc3sc(C(=O)N(C)CCO)cc32)CC1.Cl. The molecule has 1 aliphatic heterocycles. The molecule has 2 aromatic rings. The number of hydrogen-bond acceptors (Lipinski definition) is 4. The fraction of sp³-hybridized carbons (Fsp3) is 0.435. The molecule has 2 aliphatic rings. The summed E-state index contributed by atoms with van der Waals surface area (Å²) in [7, 11) is 3.95. The van der Waals surface area contributed by atoms with Crippen LogP contribution in [0.15, 0.2) is 35.9 Å². The number of carbonyl (C=O) groups is 1. The average molecular weight is 433 g/mol. The van der Waals surface area contributed by atoms with Crippen molar-refractivity contribution in [2.75, 3.05) is 40.3 Å². The van der Waals surface area contributed by atoms with Crippen molar-refractivity contribution in [3.05, 3.63) is 62.3 Å². The Bertz CT molecular complexity index is 911. The molecule has 2 heterocycles. The molecule has 0 radical (unpaired) electrons. The molecule has 0 spiro atoms. The van der Waals surface area contributed by atoms with Gasteiger partial charge in [-0.25, -0.2) is 0 Å². The Morgan fingerprint density at radius 3 is 2.59 bits per heavy atom. The molecule has 1 saturated heterocycles.